The summed E-state index contributed by atoms with van der Waals surface area (Å²) in [6, 6.07) is 9.69. The number of nitrogens with one attached hydrogen (secondary N) is 1. The molecule has 0 saturated carbocycles. The smallest absolute Gasteiger partial charge is 0.325 e. The summed E-state index contributed by atoms with van der Waals surface area (Å²) in [6.45, 7) is 4.09. The van der Waals surface area contributed by atoms with Crippen LogP contribution in [-0.4, -0.2) is 32.0 Å². The Kier molecular flexibility index (Phi) is 6.06. The molecule has 128 valence electrons. The van der Waals surface area contributed by atoms with Gasteiger partial charge in [-0.2, -0.15) is 0 Å². The maximum absolute atomic E-state index is 12.6. The Hall–Kier alpha value is -2.70. The lowest BCUT2D eigenvalue weighted by Crippen LogP contribution is -2.32. The molecular formula is C17H22N4O3. The van der Waals surface area contributed by atoms with E-state index in [1.165, 1.54) is 10.9 Å². The molecule has 0 saturated heterocycles. The van der Waals surface area contributed by atoms with Gasteiger partial charge in [0.1, 0.15) is 12.2 Å². The lowest BCUT2D eigenvalue weighted by Gasteiger charge is -2.22. The summed E-state index contributed by atoms with van der Waals surface area (Å²) >= 11 is 0. The van der Waals surface area contributed by atoms with Gasteiger partial charge >= 0.3 is 5.97 Å². The Morgan fingerprint density at radius 2 is 2.00 bits per heavy atom. The van der Waals surface area contributed by atoms with Gasteiger partial charge in [-0.1, -0.05) is 55.8 Å². The van der Waals surface area contributed by atoms with E-state index in [2.05, 4.69) is 29.5 Å². The number of carbonyl (C=O) groups is 2. The van der Waals surface area contributed by atoms with Crippen molar-refractivity contribution in [1.82, 2.24) is 20.3 Å². The van der Waals surface area contributed by atoms with Gasteiger partial charge in [0.25, 0.3) is 0 Å². The third kappa shape index (κ3) is 4.65. The Balaban J connectivity index is 2.03. The predicted octanol–water partition coefficient (Wildman–Crippen LogP) is 1.81. The molecule has 7 heteroatoms. The molecule has 1 amide bonds. The molecule has 2 unspecified atom stereocenters. The van der Waals surface area contributed by atoms with Crippen molar-refractivity contribution in [2.75, 3.05) is 0 Å². The van der Waals surface area contributed by atoms with E-state index < -0.39 is 5.97 Å². The lowest BCUT2D eigenvalue weighted by atomic mass is 9.85. The molecule has 1 aromatic heterocycles. The molecule has 0 aliphatic carbocycles. The zero-order chi connectivity index (χ0) is 17.5. The fourth-order valence-electron chi connectivity index (χ4n) is 2.56. The van der Waals surface area contributed by atoms with Gasteiger partial charge in [0, 0.05) is 0 Å². The van der Waals surface area contributed by atoms with Crippen LogP contribution >= 0.6 is 0 Å². The van der Waals surface area contributed by atoms with Crippen molar-refractivity contribution in [1.29, 1.82) is 0 Å². The van der Waals surface area contributed by atoms with Gasteiger partial charge in [-0.15, -0.1) is 5.10 Å². The second kappa shape index (κ2) is 8.24. The highest BCUT2D eigenvalue weighted by Crippen LogP contribution is 2.27. The average Bonchev–Trinajstić information content (AvgIpc) is 3.00. The number of carbonyl (C=O) groups excluding carboxylic acids is 1. The summed E-state index contributed by atoms with van der Waals surface area (Å²) in [6.07, 6.45) is 2.41. The van der Waals surface area contributed by atoms with Crippen LogP contribution in [0.5, 0.6) is 0 Å². The monoisotopic (exact) mass is 330 g/mol. The molecule has 2 aromatic rings. The standard InChI is InChI=1S/C17H22N4O3/c1-3-12(2)16(13-7-5-4-6-8-13)17(24)18-9-14-10-21(20-19-14)11-15(22)23/h4-8,10,12,16H,3,9,11H2,1-2H3,(H,18,24)(H,22,23). The Bertz CT molecular complexity index is 684. The molecule has 7 nitrogen and oxygen atoms in total. The summed E-state index contributed by atoms with van der Waals surface area (Å²) in [5.74, 6) is -1.08. The number of nitrogens with zero attached hydrogens (tertiary/aromatic N) is 3. The number of hydrogen-bond donors (Lipinski definition) is 2. The Morgan fingerprint density at radius 1 is 1.29 bits per heavy atom. The largest absolute Gasteiger partial charge is 0.480 e. The number of aromatic nitrogens is 3. The summed E-state index contributed by atoms with van der Waals surface area (Å²) in [4.78, 5) is 23.3. The summed E-state index contributed by atoms with van der Waals surface area (Å²) in [7, 11) is 0. The summed E-state index contributed by atoms with van der Waals surface area (Å²) in [5, 5.41) is 19.2. The fourth-order valence-corrected chi connectivity index (χ4v) is 2.56. The first-order valence-corrected chi connectivity index (χ1v) is 7.94. The van der Waals surface area contributed by atoms with Crippen LogP contribution < -0.4 is 5.32 Å². The average molecular weight is 330 g/mol. The van der Waals surface area contributed by atoms with Crippen molar-refractivity contribution in [3.05, 3.63) is 47.8 Å². The second-order valence-corrected chi connectivity index (χ2v) is 5.79. The number of aliphatic carboxylic acids is 1. The van der Waals surface area contributed by atoms with E-state index in [9.17, 15) is 9.59 Å². The van der Waals surface area contributed by atoms with Crippen LogP contribution in [0.2, 0.25) is 0 Å². The van der Waals surface area contributed by atoms with E-state index in [4.69, 9.17) is 5.11 Å². The van der Waals surface area contributed by atoms with Crippen LogP contribution in [0.15, 0.2) is 36.5 Å². The van der Waals surface area contributed by atoms with Gasteiger partial charge in [-0.05, 0) is 11.5 Å². The number of carboxylic acid groups (broad SMARTS) is 1. The highest BCUT2D eigenvalue weighted by Gasteiger charge is 2.25. The molecule has 1 heterocycles. The van der Waals surface area contributed by atoms with Crippen molar-refractivity contribution in [3.63, 3.8) is 0 Å². The minimum atomic E-state index is -0.989. The topological polar surface area (TPSA) is 97.1 Å². The summed E-state index contributed by atoms with van der Waals surface area (Å²) in [5.41, 5.74) is 1.51. The van der Waals surface area contributed by atoms with Crippen molar-refractivity contribution in [3.8, 4) is 0 Å². The third-order valence-electron chi connectivity index (χ3n) is 3.98. The van der Waals surface area contributed by atoms with Gasteiger partial charge < -0.3 is 10.4 Å². The second-order valence-electron chi connectivity index (χ2n) is 5.79. The first-order valence-electron chi connectivity index (χ1n) is 7.94. The highest BCUT2D eigenvalue weighted by atomic mass is 16.4. The van der Waals surface area contributed by atoms with Gasteiger partial charge in [-0.25, -0.2) is 4.68 Å². The van der Waals surface area contributed by atoms with Gasteiger partial charge in [-0.3, -0.25) is 9.59 Å². The zero-order valence-corrected chi connectivity index (χ0v) is 13.8. The molecule has 0 aliphatic heterocycles. The van der Waals surface area contributed by atoms with Crippen LogP contribution in [-0.2, 0) is 22.7 Å². The Morgan fingerprint density at radius 3 is 2.62 bits per heavy atom. The molecule has 0 spiro atoms. The van der Waals surface area contributed by atoms with Crippen LogP contribution in [0.1, 0.15) is 37.4 Å². The van der Waals surface area contributed by atoms with Crippen molar-refractivity contribution in [2.24, 2.45) is 5.92 Å². The Labute approximate surface area is 140 Å². The molecule has 0 bridgehead atoms. The van der Waals surface area contributed by atoms with Gasteiger partial charge in [0.2, 0.25) is 5.91 Å². The number of amides is 1. The molecule has 24 heavy (non-hydrogen) atoms. The molecule has 0 radical (unpaired) electrons. The van der Waals surface area contributed by atoms with Crippen LogP contribution in [0.3, 0.4) is 0 Å². The van der Waals surface area contributed by atoms with E-state index in [-0.39, 0.29) is 30.8 Å². The van der Waals surface area contributed by atoms with Crippen LogP contribution in [0.25, 0.3) is 0 Å². The number of benzene rings is 1. The molecular weight excluding hydrogens is 308 g/mol. The van der Waals surface area contributed by atoms with Crippen molar-refractivity contribution >= 4 is 11.9 Å². The molecule has 0 aliphatic rings. The number of hydrogen-bond acceptors (Lipinski definition) is 4. The van der Waals surface area contributed by atoms with Gasteiger partial charge in [0.15, 0.2) is 0 Å². The maximum atomic E-state index is 12.6. The summed E-state index contributed by atoms with van der Waals surface area (Å²) < 4.78 is 1.23. The van der Waals surface area contributed by atoms with Crippen molar-refractivity contribution in [2.45, 2.75) is 39.3 Å². The molecule has 2 rings (SSSR count). The number of carboxylic acids is 1. The fraction of sp³-hybridized carbons (Fsp3) is 0.412. The highest BCUT2D eigenvalue weighted by molar-refractivity contribution is 5.83. The first-order chi connectivity index (χ1) is 11.5. The van der Waals surface area contributed by atoms with E-state index in [1.54, 1.807) is 0 Å². The normalized spacial score (nSPS) is 13.2. The maximum Gasteiger partial charge on any atom is 0.325 e. The first kappa shape index (κ1) is 17.7. The van der Waals surface area contributed by atoms with Crippen LogP contribution in [0, 0.1) is 5.92 Å². The minimum absolute atomic E-state index is 0.0664. The van der Waals surface area contributed by atoms with Crippen molar-refractivity contribution < 1.29 is 14.7 Å². The van der Waals surface area contributed by atoms with E-state index >= 15 is 0 Å². The molecule has 2 N–H and O–H groups in total. The molecule has 1 aromatic carbocycles. The molecule has 0 fully saturated rings. The quantitative estimate of drug-likeness (QED) is 0.769. The SMILES string of the molecule is CCC(C)C(C(=O)NCc1cn(CC(=O)O)nn1)c1ccccc1. The molecule has 2 atom stereocenters. The third-order valence-corrected chi connectivity index (χ3v) is 3.98. The lowest BCUT2D eigenvalue weighted by molar-refractivity contribution is -0.138. The van der Waals surface area contributed by atoms with E-state index in [0.29, 0.717) is 5.69 Å². The van der Waals surface area contributed by atoms with Crippen LogP contribution in [0.4, 0.5) is 0 Å². The minimum Gasteiger partial charge on any atom is -0.480 e. The van der Waals surface area contributed by atoms with Gasteiger partial charge in [0.05, 0.1) is 18.7 Å². The number of rotatable bonds is 8. The van der Waals surface area contributed by atoms with E-state index in [0.717, 1.165) is 12.0 Å². The predicted molar refractivity (Wildman–Crippen MR) is 88.1 cm³/mol. The zero-order valence-electron chi connectivity index (χ0n) is 13.8. The van der Waals surface area contributed by atoms with E-state index in [1.807, 2.05) is 30.3 Å².